The zero-order valence-corrected chi connectivity index (χ0v) is 16.6. The van der Waals surface area contributed by atoms with Crippen LogP contribution in [0.15, 0.2) is 54.6 Å². The zero-order valence-electron chi connectivity index (χ0n) is 16.6. The summed E-state index contributed by atoms with van der Waals surface area (Å²) in [4.78, 5) is 15.0. The predicted octanol–water partition coefficient (Wildman–Crippen LogP) is 3.36. The third kappa shape index (κ3) is 4.38. The lowest BCUT2D eigenvalue weighted by molar-refractivity contribution is 0.0943. The van der Waals surface area contributed by atoms with Crippen molar-refractivity contribution in [3.05, 3.63) is 82.9 Å². The minimum absolute atomic E-state index is 0.142. The number of carbonyl (C=O) groups is 1. The molecule has 6 heteroatoms. The number of hydrogen-bond donors (Lipinski definition) is 1. The normalized spacial score (nSPS) is 12.9. The predicted molar refractivity (Wildman–Crippen MR) is 111 cm³/mol. The van der Waals surface area contributed by atoms with Crippen LogP contribution in [0, 0.1) is 5.82 Å². The van der Waals surface area contributed by atoms with Gasteiger partial charge in [0.25, 0.3) is 5.91 Å². The monoisotopic (exact) mass is 392 g/mol. The van der Waals surface area contributed by atoms with Crippen molar-refractivity contribution >= 4 is 5.91 Å². The number of nitrogens with one attached hydrogen (secondary N) is 1. The highest BCUT2D eigenvalue weighted by molar-refractivity contribution is 5.94. The van der Waals surface area contributed by atoms with E-state index >= 15 is 0 Å². The van der Waals surface area contributed by atoms with Gasteiger partial charge in [-0.2, -0.15) is 5.10 Å². The molecule has 0 saturated heterocycles. The van der Waals surface area contributed by atoms with Gasteiger partial charge in [-0.1, -0.05) is 30.3 Å². The van der Waals surface area contributed by atoms with Crippen molar-refractivity contribution in [1.82, 2.24) is 20.0 Å². The number of halogens is 1. The minimum atomic E-state index is -0.282. The van der Waals surface area contributed by atoms with Crippen LogP contribution in [0.25, 0.3) is 5.69 Å². The van der Waals surface area contributed by atoms with Crippen LogP contribution >= 0.6 is 0 Å². The van der Waals surface area contributed by atoms with Gasteiger partial charge in [0.05, 0.1) is 5.69 Å². The number of nitrogens with zero attached hydrogens (tertiary/aromatic N) is 3. The van der Waals surface area contributed by atoms with Gasteiger partial charge in [0.1, 0.15) is 5.82 Å². The van der Waals surface area contributed by atoms with Crippen LogP contribution in [0.3, 0.4) is 0 Å². The summed E-state index contributed by atoms with van der Waals surface area (Å²) in [6.45, 7) is 2.15. The molecule has 0 bridgehead atoms. The van der Waals surface area contributed by atoms with Gasteiger partial charge < -0.3 is 10.2 Å². The molecular formula is C23H25FN4O. The Morgan fingerprint density at radius 1 is 1.14 bits per heavy atom. The molecule has 3 aromatic rings. The Morgan fingerprint density at radius 3 is 2.66 bits per heavy atom. The first kappa shape index (κ1) is 19.3. The summed E-state index contributed by atoms with van der Waals surface area (Å²) in [5, 5.41) is 7.57. The molecule has 1 aromatic heterocycles. The van der Waals surface area contributed by atoms with Crippen molar-refractivity contribution in [3.63, 3.8) is 0 Å². The van der Waals surface area contributed by atoms with Gasteiger partial charge in [-0.05, 0) is 56.1 Å². The molecule has 0 spiro atoms. The molecule has 0 atom stereocenters. The van der Waals surface area contributed by atoms with Crippen LogP contribution in [0.5, 0.6) is 0 Å². The fourth-order valence-electron chi connectivity index (χ4n) is 3.83. The van der Waals surface area contributed by atoms with Crippen molar-refractivity contribution in [2.24, 2.45) is 0 Å². The number of carbonyl (C=O) groups excluding carboxylic acids is 1. The second-order valence-electron chi connectivity index (χ2n) is 7.49. The van der Waals surface area contributed by atoms with Crippen LogP contribution in [-0.2, 0) is 19.4 Å². The molecule has 2 aromatic carbocycles. The number of hydrogen-bond acceptors (Lipinski definition) is 3. The number of aromatic nitrogens is 2. The van der Waals surface area contributed by atoms with E-state index < -0.39 is 0 Å². The molecule has 0 radical (unpaired) electrons. The van der Waals surface area contributed by atoms with Crippen LogP contribution in [0.4, 0.5) is 4.39 Å². The molecule has 1 aliphatic rings. The Morgan fingerprint density at radius 2 is 1.90 bits per heavy atom. The molecule has 4 rings (SSSR count). The number of benzene rings is 2. The Labute approximate surface area is 170 Å². The highest BCUT2D eigenvalue weighted by atomic mass is 19.1. The Bertz CT molecular complexity index is 982. The summed E-state index contributed by atoms with van der Waals surface area (Å²) in [7, 11) is 2.04. The first-order valence-electron chi connectivity index (χ1n) is 9.99. The molecule has 29 heavy (non-hydrogen) atoms. The highest BCUT2D eigenvalue weighted by Crippen LogP contribution is 2.27. The number of amides is 1. The van der Waals surface area contributed by atoms with E-state index in [4.69, 9.17) is 0 Å². The molecule has 5 nitrogen and oxygen atoms in total. The maximum absolute atomic E-state index is 13.3. The fourth-order valence-corrected chi connectivity index (χ4v) is 3.83. The van der Waals surface area contributed by atoms with Gasteiger partial charge in [-0.15, -0.1) is 0 Å². The topological polar surface area (TPSA) is 50.2 Å². The van der Waals surface area contributed by atoms with E-state index in [9.17, 15) is 9.18 Å². The average molecular weight is 392 g/mol. The maximum atomic E-state index is 13.3. The standard InChI is InChI=1S/C23H25FN4O/c1-27(16-17-6-3-2-4-7-17)15-14-25-23(29)22-20-8-5-9-21(20)28(26-22)19-12-10-18(24)11-13-19/h2-4,6-7,10-13H,5,8-9,14-16H2,1H3,(H,25,29). The summed E-state index contributed by atoms with van der Waals surface area (Å²) in [5.74, 6) is -0.424. The van der Waals surface area contributed by atoms with Crippen molar-refractivity contribution in [2.45, 2.75) is 25.8 Å². The van der Waals surface area contributed by atoms with E-state index in [2.05, 4.69) is 27.4 Å². The van der Waals surface area contributed by atoms with Crippen LogP contribution in [-0.4, -0.2) is 40.7 Å². The zero-order chi connectivity index (χ0) is 20.2. The van der Waals surface area contributed by atoms with Gasteiger partial charge in [-0.25, -0.2) is 9.07 Å². The molecule has 0 unspecified atom stereocenters. The summed E-state index contributed by atoms with van der Waals surface area (Å²) in [6, 6.07) is 16.5. The molecule has 150 valence electrons. The van der Waals surface area contributed by atoms with Crippen molar-refractivity contribution in [2.75, 3.05) is 20.1 Å². The van der Waals surface area contributed by atoms with Gasteiger partial charge >= 0.3 is 0 Å². The SMILES string of the molecule is CN(CCNC(=O)c1nn(-c2ccc(F)cc2)c2c1CCC2)Cc1ccccc1. The van der Waals surface area contributed by atoms with Gasteiger partial charge in [0.2, 0.25) is 0 Å². The summed E-state index contributed by atoms with van der Waals surface area (Å²) < 4.78 is 15.0. The quantitative estimate of drug-likeness (QED) is 0.671. The molecule has 1 aliphatic carbocycles. The fraction of sp³-hybridized carbons (Fsp3) is 0.304. The van der Waals surface area contributed by atoms with E-state index in [0.717, 1.165) is 49.3 Å². The van der Waals surface area contributed by atoms with Crippen molar-refractivity contribution in [3.8, 4) is 5.69 Å². The molecule has 0 fully saturated rings. The first-order valence-corrected chi connectivity index (χ1v) is 9.99. The smallest absolute Gasteiger partial charge is 0.272 e. The summed E-state index contributed by atoms with van der Waals surface area (Å²) in [5.41, 5.74) is 4.60. The van der Waals surface area contributed by atoms with E-state index in [-0.39, 0.29) is 11.7 Å². The summed E-state index contributed by atoms with van der Waals surface area (Å²) in [6.07, 6.45) is 2.74. The lowest BCUT2D eigenvalue weighted by Gasteiger charge is -2.16. The van der Waals surface area contributed by atoms with Crippen LogP contribution in [0.1, 0.15) is 33.7 Å². The summed E-state index contributed by atoms with van der Waals surface area (Å²) >= 11 is 0. The van der Waals surface area contributed by atoms with Crippen molar-refractivity contribution in [1.29, 1.82) is 0 Å². The Hall–Kier alpha value is -2.99. The molecular weight excluding hydrogens is 367 g/mol. The van der Waals surface area contributed by atoms with E-state index in [1.807, 2.05) is 25.2 Å². The number of rotatable bonds is 7. The number of fused-ring (bicyclic) bond motifs is 1. The first-order chi connectivity index (χ1) is 14.1. The molecule has 0 aliphatic heterocycles. The third-order valence-corrected chi connectivity index (χ3v) is 5.29. The third-order valence-electron chi connectivity index (χ3n) is 5.29. The van der Waals surface area contributed by atoms with Gasteiger partial charge in [0, 0.05) is 30.9 Å². The molecule has 1 N–H and O–H groups in total. The van der Waals surface area contributed by atoms with Crippen LogP contribution < -0.4 is 5.32 Å². The van der Waals surface area contributed by atoms with Crippen molar-refractivity contribution < 1.29 is 9.18 Å². The second-order valence-corrected chi connectivity index (χ2v) is 7.49. The second kappa shape index (κ2) is 8.57. The minimum Gasteiger partial charge on any atom is -0.349 e. The van der Waals surface area contributed by atoms with Crippen LogP contribution in [0.2, 0.25) is 0 Å². The average Bonchev–Trinajstić information content (AvgIpc) is 3.32. The molecule has 1 heterocycles. The van der Waals surface area contributed by atoms with Gasteiger partial charge in [0.15, 0.2) is 5.69 Å². The lowest BCUT2D eigenvalue weighted by Crippen LogP contribution is -2.33. The van der Waals surface area contributed by atoms with Gasteiger partial charge in [-0.3, -0.25) is 4.79 Å². The molecule has 0 saturated carbocycles. The Balaban J connectivity index is 1.40. The van der Waals surface area contributed by atoms with E-state index in [1.165, 1.54) is 17.7 Å². The Kier molecular flexibility index (Phi) is 5.71. The maximum Gasteiger partial charge on any atom is 0.272 e. The van der Waals surface area contributed by atoms with E-state index in [0.29, 0.717) is 12.2 Å². The highest BCUT2D eigenvalue weighted by Gasteiger charge is 2.26. The van der Waals surface area contributed by atoms with E-state index in [1.54, 1.807) is 16.8 Å². The molecule has 1 amide bonds. The number of likely N-dealkylation sites (N-methyl/N-ethyl adjacent to an activating group) is 1. The lowest BCUT2D eigenvalue weighted by atomic mass is 10.2. The largest absolute Gasteiger partial charge is 0.349 e.